The number of hydrogen-bond acceptors (Lipinski definition) is 1. The Hall–Kier alpha value is -6.16. The fourth-order valence-corrected chi connectivity index (χ4v) is 9.12. The summed E-state index contributed by atoms with van der Waals surface area (Å²) in [5.74, 6) is 0. The molecule has 0 aliphatic carbocycles. The average Bonchev–Trinajstić information content (AvgIpc) is 3.81. The lowest BCUT2D eigenvalue weighted by Gasteiger charge is -2.10. The lowest BCUT2D eigenvalue weighted by atomic mass is 10.0. The minimum Gasteiger partial charge on any atom is -0.309 e. The molecule has 2 nitrogen and oxygen atoms in total. The highest BCUT2D eigenvalue weighted by molar-refractivity contribution is 7.25. The van der Waals surface area contributed by atoms with Gasteiger partial charge in [0, 0.05) is 53.1 Å². The van der Waals surface area contributed by atoms with Crippen LogP contribution in [-0.2, 0) is 0 Å². The molecule has 0 radical (unpaired) electrons. The first kappa shape index (κ1) is 26.9. The third-order valence-electron chi connectivity index (χ3n) is 10.3. The predicted octanol–water partition coefficient (Wildman–Crippen LogP) is 13.1. The highest BCUT2D eigenvalue weighted by Gasteiger charge is 2.17. The van der Waals surface area contributed by atoms with Crippen LogP contribution in [0.15, 0.2) is 170 Å². The number of fused-ring (bicyclic) bond motifs is 10. The van der Waals surface area contributed by atoms with E-state index in [1.165, 1.54) is 97.1 Å². The van der Waals surface area contributed by atoms with E-state index in [9.17, 15) is 0 Å². The summed E-state index contributed by atoms with van der Waals surface area (Å²) in [6, 6.07) is 62.6. The van der Waals surface area contributed by atoms with Crippen molar-refractivity contribution in [2.24, 2.45) is 0 Å². The molecule has 0 fully saturated rings. The van der Waals surface area contributed by atoms with E-state index >= 15 is 0 Å². The monoisotopic (exact) mass is 640 g/mol. The Morgan fingerprint density at radius 1 is 0.306 bits per heavy atom. The summed E-state index contributed by atoms with van der Waals surface area (Å²) in [6.07, 6.45) is 0. The molecule has 3 aromatic heterocycles. The Balaban J connectivity index is 1.09. The smallest absolute Gasteiger partial charge is 0.0541 e. The Labute approximate surface area is 286 Å². The van der Waals surface area contributed by atoms with Gasteiger partial charge in [0.15, 0.2) is 0 Å². The van der Waals surface area contributed by atoms with Crippen molar-refractivity contribution >= 4 is 85.9 Å². The van der Waals surface area contributed by atoms with E-state index in [2.05, 4.69) is 179 Å². The minimum atomic E-state index is 1.18. The van der Waals surface area contributed by atoms with Crippen molar-refractivity contribution in [2.45, 2.75) is 0 Å². The van der Waals surface area contributed by atoms with E-state index in [0.717, 1.165) is 0 Å². The number of hydrogen-bond donors (Lipinski definition) is 0. The summed E-state index contributed by atoms with van der Waals surface area (Å²) in [6.45, 7) is 0. The van der Waals surface area contributed by atoms with E-state index in [-0.39, 0.29) is 0 Å². The molecule has 0 atom stereocenters. The molecule has 0 saturated heterocycles. The lowest BCUT2D eigenvalue weighted by molar-refractivity contribution is 1.19. The first-order valence-corrected chi connectivity index (χ1v) is 17.6. The standard InChI is InChI=1S/C46H28N2S/c1-2-10-30-25-33(20-17-29(30)9-1)47-41-14-6-3-11-35(41)38-26-31(18-22-43(38)47)32-19-23-44-39(27-32)36-12-4-7-15-42(36)48(44)34-21-24-46-40(28-34)37-13-5-8-16-45(37)49-46/h1-28H. The molecule has 0 saturated carbocycles. The topological polar surface area (TPSA) is 9.86 Å². The van der Waals surface area contributed by atoms with Crippen molar-refractivity contribution in [2.75, 3.05) is 0 Å². The van der Waals surface area contributed by atoms with Crippen molar-refractivity contribution < 1.29 is 0 Å². The average molecular weight is 641 g/mol. The van der Waals surface area contributed by atoms with Gasteiger partial charge in [0.2, 0.25) is 0 Å². The normalized spacial score (nSPS) is 12.1. The molecule has 0 bridgehead atoms. The molecule has 11 aromatic rings. The van der Waals surface area contributed by atoms with Crippen LogP contribution in [0.25, 0.3) is 97.1 Å². The van der Waals surface area contributed by atoms with E-state index in [1.807, 2.05) is 11.3 Å². The summed E-state index contributed by atoms with van der Waals surface area (Å²) < 4.78 is 7.50. The van der Waals surface area contributed by atoms with Crippen molar-refractivity contribution in [3.8, 4) is 22.5 Å². The van der Waals surface area contributed by atoms with Gasteiger partial charge in [0.05, 0.1) is 22.1 Å². The zero-order valence-electron chi connectivity index (χ0n) is 26.5. The molecule has 0 amide bonds. The molecular formula is C46H28N2S. The van der Waals surface area contributed by atoms with Crippen molar-refractivity contribution in [3.05, 3.63) is 170 Å². The SMILES string of the molecule is c1ccc2cc(-n3c4ccccc4c4cc(-c5ccc6c(c5)c5ccccc5n6-c5ccc6sc7ccccc7c6c5)ccc43)ccc2c1. The fourth-order valence-electron chi connectivity index (χ4n) is 8.03. The predicted molar refractivity (Wildman–Crippen MR) is 211 cm³/mol. The quantitative estimate of drug-likeness (QED) is 0.182. The summed E-state index contributed by atoms with van der Waals surface area (Å²) in [5, 5.41) is 10.2. The molecule has 8 aromatic carbocycles. The molecule has 11 rings (SSSR count). The maximum Gasteiger partial charge on any atom is 0.0541 e. The Bertz CT molecular complexity index is 3120. The van der Waals surface area contributed by atoms with Gasteiger partial charge in [-0.15, -0.1) is 11.3 Å². The van der Waals surface area contributed by atoms with Crippen LogP contribution in [0.4, 0.5) is 0 Å². The Morgan fingerprint density at radius 2 is 0.816 bits per heavy atom. The van der Waals surface area contributed by atoms with Gasteiger partial charge in [0.1, 0.15) is 0 Å². The van der Waals surface area contributed by atoms with Crippen LogP contribution in [0.5, 0.6) is 0 Å². The number of benzene rings is 8. The molecule has 0 aliphatic rings. The lowest BCUT2D eigenvalue weighted by Crippen LogP contribution is -1.94. The van der Waals surface area contributed by atoms with E-state index < -0.39 is 0 Å². The summed E-state index contributed by atoms with van der Waals surface area (Å²) in [7, 11) is 0. The molecule has 0 aliphatic heterocycles. The number of aromatic nitrogens is 2. The highest BCUT2D eigenvalue weighted by atomic mass is 32.1. The van der Waals surface area contributed by atoms with Crippen molar-refractivity contribution in [3.63, 3.8) is 0 Å². The molecule has 3 heteroatoms. The third kappa shape index (κ3) is 3.94. The molecule has 0 spiro atoms. The van der Waals surface area contributed by atoms with Crippen LogP contribution in [0.3, 0.4) is 0 Å². The van der Waals surface area contributed by atoms with Crippen LogP contribution in [-0.4, -0.2) is 9.13 Å². The van der Waals surface area contributed by atoms with Crippen molar-refractivity contribution in [1.82, 2.24) is 9.13 Å². The number of thiophene rings is 1. The first-order chi connectivity index (χ1) is 24.3. The van der Waals surface area contributed by atoms with Gasteiger partial charge in [-0.3, -0.25) is 0 Å². The van der Waals surface area contributed by atoms with Gasteiger partial charge in [-0.05, 0) is 94.7 Å². The second kappa shape index (κ2) is 10.2. The van der Waals surface area contributed by atoms with Gasteiger partial charge in [-0.1, -0.05) is 97.1 Å². The fraction of sp³-hybridized carbons (Fsp3) is 0. The van der Waals surface area contributed by atoms with Gasteiger partial charge in [-0.2, -0.15) is 0 Å². The van der Waals surface area contributed by atoms with Crippen molar-refractivity contribution in [1.29, 1.82) is 0 Å². The van der Waals surface area contributed by atoms with E-state index in [4.69, 9.17) is 0 Å². The second-order valence-corrected chi connectivity index (χ2v) is 14.1. The van der Waals surface area contributed by atoms with Crippen LogP contribution < -0.4 is 0 Å². The summed E-state index contributed by atoms with van der Waals surface area (Å²) >= 11 is 1.87. The van der Waals surface area contributed by atoms with Gasteiger partial charge >= 0.3 is 0 Å². The zero-order valence-corrected chi connectivity index (χ0v) is 27.3. The largest absolute Gasteiger partial charge is 0.309 e. The van der Waals surface area contributed by atoms with Gasteiger partial charge in [-0.25, -0.2) is 0 Å². The Morgan fingerprint density at radius 3 is 1.51 bits per heavy atom. The van der Waals surface area contributed by atoms with Crippen LogP contribution in [0, 0.1) is 0 Å². The second-order valence-electron chi connectivity index (χ2n) is 13.0. The first-order valence-electron chi connectivity index (χ1n) is 16.8. The van der Waals surface area contributed by atoms with Crippen LogP contribution in [0.2, 0.25) is 0 Å². The van der Waals surface area contributed by atoms with E-state index in [0.29, 0.717) is 0 Å². The van der Waals surface area contributed by atoms with Crippen LogP contribution >= 0.6 is 11.3 Å². The zero-order chi connectivity index (χ0) is 32.1. The molecular weight excluding hydrogens is 613 g/mol. The molecule has 49 heavy (non-hydrogen) atoms. The molecule has 0 unspecified atom stereocenters. The van der Waals surface area contributed by atoms with E-state index in [1.54, 1.807) is 0 Å². The highest BCUT2D eigenvalue weighted by Crippen LogP contribution is 2.40. The van der Waals surface area contributed by atoms with Gasteiger partial charge in [0.25, 0.3) is 0 Å². The molecule has 0 N–H and O–H groups in total. The Kier molecular flexibility index (Phi) is 5.57. The van der Waals surface area contributed by atoms with Gasteiger partial charge < -0.3 is 9.13 Å². The summed E-state index contributed by atoms with van der Waals surface area (Å²) in [4.78, 5) is 0. The maximum atomic E-state index is 2.43. The maximum absolute atomic E-state index is 2.43. The number of para-hydroxylation sites is 2. The van der Waals surface area contributed by atoms with Crippen LogP contribution in [0.1, 0.15) is 0 Å². The minimum absolute atomic E-state index is 1.18. The molecule has 228 valence electrons. The number of rotatable bonds is 3. The molecule has 3 heterocycles. The summed E-state index contributed by atoms with van der Waals surface area (Å²) in [5.41, 5.74) is 9.70. The third-order valence-corrected chi connectivity index (χ3v) is 11.4. The number of nitrogens with zero attached hydrogens (tertiary/aromatic N) is 2.